The van der Waals surface area contributed by atoms with E-state index in [1.165, 1.54) is 62.4 Å². The van der Waals surface area contributed by atoms with Crippen molar-refractivity contribution < 1.29 is 4.79 Å². The van der Waals surface area contributed by atoms with Crippen molar-refractivity contribution in [3.63, 3.8) is 0 Å². The molecule has 0 radical (unpaired) electrons. The van der Waals surface area contributed by atoms with Crippen molar-refractivity contribution in [2.75, 3.05) is 20.1 Å². The largest absolute Gasteiger partial charge is 0.331 e. The lowest BCUT2D eigenvalue weighted by molar-refractivity contribution is 0.0728. The molecule has 0 atom stereocenters. The van der Waals surface area contributed by atoms with Crippen LogP contribution in [0, 0.1) is 5.92 Å². The Morgan fingerprint density at radius 2 is 1.79 bits per heavy atom. The predicted molar refractivity (Wildman–Crippen MR) is 158 cm³/mol. The van der Waals surface area contributed by atoms with E-state index in [-0.39, 0.29) is 5.91 Å². The molecule has 0 N–H and O–H groups in total. The number of imidazole rings is 1. The Bertz CT molecular complexity index is 1160. The van der Waals surface area contributed by atoms with E-state index in [1.54, 1.807) is 0 Å². The van der Waals surface area contributed by atoms with Crippen molar-refractivity contribution in [3.05, 3.63) is 65.5 Å². The van der Waals surface area contributed by atoms with E-state index < -0.39 is 0 Å². The van der Waals surface area contributed by atoms with Gasteiger partial charge >= 0.3 is 0 Å². The van der Waals surface area contributed by atoms with Crippen molar-refractivity contribution in [1.82, 2.24) is 19.4 Å². The van der Waals surface area contributed by atoms with E-state index in [0.717, 1.165) is 43.0 Å². The van der Waals surface area contributed by atoms with Crippen LogP contribution in [0.5, 0.6) is 0 Å². The summed E-state index contributed by atoms with van der Waals surface area (Å²) >= 11 is 0. The number of para-hydroxylation sites is 2. The average molecular weight is 517 g/mol. The molecule has 1 aliphatic carbocycles. The molecule has 0 bridgehead atoms. The first-order valence-corrected chi connectivity index (χ1v) is 15.0. The predicted octanol–water partition coefficient (Wildman–Crippen LogP) is 7.85. The summed E-state index contributed by atoms with van der Waals surface area (Å²) in [5, 5.41) is 0. The highest BCUT2D eigenvalue weighted by molar-refractivity contribution is 5.94. The minimum atomic E-state index is 0.114. The molecule has 4 rings (SSSR count). The van der Waals surface area contributed by atoms with Crippen LogP contribution in [0.3, 0.4) is 0 Å². The summed E-state index contributed by atoms with van der Waals surface area (Å²) in [5.41, 5.74) is 4.23. The third-order valence-electron chi connectivity index (χ3n) is 7.97. The molecule has 1 heterocycles. The molecule has 5 nitrogen and oxygen atoms in total. The Morgan fingerprint density at radius 3 is 2.55 bits per heavy atom. The van der Waals surface area contributed by atoms with Gasteiger partial charge in [0.15, 0.2) is 0 Å². The summed E-state index contributed by atoms with van der Waals surface area (Å²) in [6.45, 7) is 9.97. The van der Waals surface area contributed by atoms with Crippen molar-refractivity contribution in [2.45, 2.75) is 97.7 Å². The number of fused-ring (bicyclic) bond motifs is 1. The van der Waals surface area contributed by atoms with Gasteiger partial charge in [-0.2, -0.15) is 0 Å². The summed E-state index contributed by atoms with van der Waals surface area (Å²) in [7, 11) is 2.18. The van der Waals surface area contributed by atoms with Gasteiger partial charge in [-0.05, 0) is 75.0 Å². The van der Waals surface area contributed by atoms with Gasteiger partial charge in [-0.15, -0.1) is 0 Å². The van der Waals surface area contributed by atoms with Gasteiger partial charge in [0.2, 0.25) is 0 Å². The SMILES string of the molecule is CCCCCCN(C)Cc1cccc(C(=O)N(CCC(C)C)Cc2nc3ccccc3n2C2CCCC2)c1. The van der Waals surface area contributed by atoms with Crippen LogP contribution in [-0.2, 0) is 13.1 Å². The second-order valence-corrected chi connectivity index (χ2v) is 11.7. The molecule has 1 amide bonds. The molecule has 0 spiro atoms. The lowest BCUT2D eigenvalue weighted by Gasteiger charge is -2.26. The second-order valence-electron chi connectivity index (χ2n) is 11.7. The van der Waals surface area contributed by atoms with Crippen molar-refractivity contribution in [2.24, 2.45) is 5.92 Å². The number of aromatic nitrogens is 2. The van der Waals surface area contributed by atoms with Gasteiger partial charge in [0.25, 0.3) is 5.91 Å². The summed E-state index contributed by atoms with van der Waals surface area (Å²) in [6, 6.07) is 17.2. The van der Waals surface area contributed by atoms with E-state index >= 15 is 0 Å². The van der Waals surface area contributed by atoms with Gasteiger partial charge in [-0.1, -0.05) is 77.1 Å². The molecule has 0 saturated heterocycles. The van der Waals surface area contributed by atoms with Crippen LogP contribution in [0.4, 0.5) is 0 Å². The van der Waals surface area contributed by atoms with Crippen LogP contribution in [-0.4, -0.2) is 45.4 Å². The molecule has 2 aromatic carbocycles. The molecule has 0 unspecified atom stereocenters. The molecule has 1 fully saturated rings. The fourth-order valence-corrected chi connectivity index (χ4v) is 5.80. The number of carbonyl (C=O) groups excluding carboxylic acids is 1. The van der Waals surface area contributed by atoms with E-state index in [0.29, 0.717) is 18.5 Å². The number of amides is 1. The standard InChI is InChI=1S/C33H48N4O/c1-5-6-7-12-21-35(4)24-27-14-13-15-28(23-27)33(38)36(22-20-26(2)3)25-32-34-30-18-10-11-19-31(30)37(32)29-16-8-9-17-29/h10-11,13-15,18-19,23,26,29H,5-9,12,16-17,20-22,24-25H2,1-4H3. The van der Waals surface area contributed by atoms with Gasteiger partial charge < -0.3 is 14.4 Å². The Balaban J connectivity index is 1.54. The number of rotatable bonds is 14. The average Bonchev–Trinajstić information content (AvgIpc) is 3.56. The van der Waals surface area contributed by atoms with Crippen molar-refractivity contribution >= 4 is 16.9 Å². The lowest BCUT2D eigenvalue weighted by atomic mass is 10.1. The van der Waals surface area contributed by atoms with Crippen molar-refractivity contribution in [1.29, 1.82) is 0 Å². The number of unbranched alkanes of at least 4 members (excludes halogenated alkanes) is 3. The Labute approximate surface area is 230 Å². The summed E-state index contributed by atoms with van der Waals surface area (Å²) < 4.78 is 2.45. The Kier molecular flexibility index (Phi) is 10.4. The molecule has 1 aliphatic rings. The highest BCUT2D eigenvalue weighted by Gasteiger charge is 2.25. The highest BCUT2D eigenvalue weighted by Crippen LogP contribution is 2.34. The second kappa shape index (κ2) is 13.9. The molecule has 3 aromatic rings. The van der Waals surface area contributed by atoms with E-state index in [1.807, 2.05) is 17.0 Å². The summed E-state index contributed by atoms with van der Waals surface area (Å²) in [5.74, 6) is 1.67. The van der Waals surface area contributed by atoms with Crippen LogP contribution in [0.2, 0.25) is 0 Å². The van der Waals surface area contributed by atoms with Crippen LogP contribution < -0.4 is 0 Å². The number of carbonyl (C=O) groups is 1. The molecule has 38 heavy (non-hydrogen) atoms. The molecular weight excluding hydrogens is 468 g/mol. The summed E-state index contributed by atoms with van der Waals surface area (Å²) in [6.07, 6.45) is 11.0. The molecular formula is C33H48N4O. The fraction of sp³-hybridized carbons (Fsp3) is 0.576. The van der Waals surface area contributed by atoms with E-state index in [9.17, 15) is 4.79 Å². The van der Waals surface area contributed by atoms with Crippen LogP contribution in [0.15, 0.2) is 48.5 Å². The number of benzene rings is 2. The fourth-order valence-electron chi connectivity index (χ4n) is 5.80. The molecule has 1 saturated carbocycles. The zero-order valence-corrected chi connectivity index (χ0v) is 24.2. The highest BCUT2D eigenvalue weighted by atomic mass is 16.2. The summed E-state index contributed by atoms with van der Waals surface area (Å²) in [4.78, 5) is 23.4. The van der Waals surface area contributed by atoms with Gasteiger partial charge in [0.1, 0.15) is 5.82 Å². The van der Waals surface area contributed by atoms with Crippen LogP contribution in [0.1, 0.15) is 106 Å². The third-order valence-corrected chi connectivity index (χ3v) is 7.97. The number of nitrogens with zero attached hydrogens (tertiary/aromatic N) is 4. The monoisotopic (exact) mass is 516 g/mol. The quantitative estimate of drug-likeness (QED) is 0.205. The normalized spacial score (nSPS) is 14.3. The van der Waals surface area contributed by atoms with E-state index in [2.05, 4.69) is 73.7 Å². The van der Waals surface area contributed by atoms with E-state index in [4.69, 9.17) is 4.98 Å². The maximum Gasteiger partial charge on any atom is 0.254 e. The molecule has 5 heteroatoms. The Hall–Kier alpha value is -2.66. The molecule has 1 aromatic heterocycles. The molecule has 206 valence electrons. The van der Waals surface area contributed by atoms with Crippen LogP contribution in [0.25, 0.3) is 11.0 Å². The Morgan fingerprint density at radius 1 is 1.00 bits per heavy atom. The van der Waals surface area contributed by atoms with Gasteiger partial charge in [0.05, 0.1) is 17.6 Å². The topological polar surface area (TPSA) is 41.4 Å². The lowest BCUT2D eigenvalue weighted by Crippen LogP contribution is -2.33. The van der Waals surface area contributed by atoms with Gasteiger partial charge in [-0.25, -0.2) is 4.98 Å². The van der Waals surface area contributed by atoms with Crippen LogP contribution >= 0.6 is 0 Å². The first kappa shape index (κ1) is 28.4. The van der Waals surface area contributed by atoms with Gasteiger partial charge in [-0.3, -0.25) is 4.79 Å². The first-order chi connectivity index (χ1) is 18.5. The molecule has 0 aliphatic heterocycles. The maximum absolute atomic E-state index is 14.0. The third kappa shape index (κ3) is 7.47. The maximum atomic E-state index is 14.0. The number of hydrogen-bond acceptors (Lipinski definition) is 3. The smallest absolute Gasteiger partial charge is 0.254 e. The minimum absolute atomic E-state index is 0.114. The zero-order chi connectivity index (χ0) is 26.9. The zero-order valence-electron chi connectivity index (χ0n) is 24.2. The van der Waals surface area contributed by atoms with Crippen molar-refractivity contribution in [3.8, 4) is 0 Å². The minimum Gasteiger partial charge on any atom is -0.331 e. The number of hydrogen-bond donors (Lipinski definition) is 0. The first-order valence-electron chi connectivity index (χ1n) is 15.0. The van der Waals surface area contributed by atoms with Gasteiger partial charge in [0, 0.05) is 24.7 Å².